The molecule has 1 fully saturated rings. The molecule has 0 saturated heterocycles. The second-order valence-electron chi connectivity index (χ2n) is 4.81. The van der Waals surface area contributed by atoms with E-state index in [2.05, 4.69) is 14.8 Å². The Labute approximate surface area is 97.2 Å². The standard InChI is InChI=1S/C12H22N4/c1-10-14-15-12(16(10)8-4-7-13)9-11-5-2-3-6-11/h11H,2-9,13H2,1H3. The van der Waals surface area contributed by atoms with Crippen LogP contribution in [0.4, 0.5) is 0 Å². The van der Waals surface area contributed by atoms with Gasteiger partial charge in [0.15, 0.2) is 0 Å². The highest BCUT2D eigenvalue weighted by atomic mass is 15.3. The van der Waals surface area contributed by atoms with Gasteiger partial charge in [-0.3, -0.25) is 0 Å². The summed E-state index contributed by atoms with van der Waals surface area (Å²) in [4.78, 5) is 0. The van der Waals surface area contributed by atoms with E-state index in [0.717, 1.165) is 43.5 Å². The summed E-state index contributed by atoms with van der Waals surface area (Å²) in [6, 6.07) is 0. The first-order chi connectivity index (χ1) is 7.81. The molecule has 1 heterocycles. The summed E-state index contributed by atoms with van der Waals surface area (Å²) < 4.78 is 2.24. The van der Waals surface area contributed by atoms with Crippen molar-refractivity contribution in [2.75, 3.05) is 6.54 Å². The molecule has 1 saturated carbocycles. The van der Waals surface area contributed by atoms with Crippen LogP contribution in [0.25, 0.3) is 0 Å². The summed E-state index contributed by atoms with van der Waals surface area (Å²) in [7, 11) is 0. The van der Waals surface area contributed by atoms with E-state index in [1.54, 1.807) is 0 Å². The number of hydrogen-bond donors (Lipinski definition) is 1. The number of rotatable bonds is 5. The molecule has 0 spiro atoms. The molecule has 2 rings (SSSR count). The van der Waals surface area contributed by atoms with Crippen LogP contribution in [-0.4, -0.2) is 21.3 Å². The van der Waals surface area contributed by atoms with Gasteiger partial charge in [-0.05, 0) is 25.8 Å². The van der Waals surface area contributed by atoms with Gasteiger partial charge in [0.25, 0.3) is 0 Å². The minimum atomic E-state index is 0.737. The van der Waals surface area contributed by atoms with Crippen molar-refractivity contribution in [2.24, 2.45) is 11.7 Å². The Bertz CT molecular complexity index is 326. The summed E-state index contributed by atoms with van der Waals surface area (Å²) >= 11 is 0. The van der Waals surface area contributed by atoms with Crippen molar-refractivity contribution in [3.8, 4) is 0 Å². The molecular weight excluding hydrogens is 200 g/mol. The van der Waals surface area contributed by atoms with E-state index < -0.39 is 0 Å². The zero-order chi connectivity index (χ0) is 11.4. The Hall–Kier alpha value is -0.900. The van der Waals surface area contributed by atoms with Gasteiger partial charge in [-0.1, -0.05) is 25.7 Å². The molecule has 4 nitrogen and oxygen atoms in total. The molecule has 16 heavy (non-hydrogen) atoms. The normalized spacial score (nSPS) is 17.1. The maximum atomic E-state index is 5.55. The van der Waals surface area contributed by atoms with E-state index in [9.17, 15) is 0 Å². The predicted molar refractivity (Wildman–Crippen MR) is 64.1 cm³/mol. The number of nitrogens with two attached hydrogens (primary N) is 1. The maximum absolute atomic E-state index is 5.55. The molecule has 0 amide bonds. The van der Waals surface area contributed by atoms with Crippen molar-refractivity contribution in [3.63, 3.8) is 0 Å². The molecule has 2 N–H and O–H groups in total. The Morgan fingerprint density at radius 2 is 2.06 bits per heavy atom. The lowest BCUT2D eigenvalue weighted by atomic mass is 10.0. The van der Waals surface area contributed by atoms with Gasteiger partial charge in [0, 0.05) is 13.0 Å². The van der Waals surface area contributed by atoms with Gasteiger partial charge in [-0.25, -0.2) is 0 Å². The largest absolute Gasteiger partial charge is 0.330 e. The Balaban J connectivity index is 2.01. The molecule has 0 aliphatic heterocycles. The third-order valence-electron chi connectivity index (χ3n) is 3.54. The van der Waals surface area contributed by atoms with Crippen molar-refractivity contribution in [3.05, 3.63) is 11.6 Å². The lowest BCUT2D eigenvalue weighted by molar-refractivity contribution is 0.501. The third kappa shape index (κ3) is 2.61. The van der Waals surface area contributed by atoms with Crippen molar-refractivity contribution >= 4 is 0 Å². The molecule has 0 atom stereocenters. The fourth-order valence-corrected chi connectivity index (χ4v) is 2.59. The maximum Gasteiger partial charge on any atom is 0.133 e. The van der Waals surface area contributed by atoms with E-state index >= 15 is 0 Å². The second-order valence-corrected chi connectivity index (χ2v) is 4.81. The average molecular weight is 222 g/mol. The van der Waals surface area contributed by atoms with Crippen molar-refractivity contribution < 1.29 is 0 Å². The van der Waals surface area contributed by atoms with Gasteiger partial charge in [0.1, 0.15) is 11.6 Å². The predicted octanol–water partition coefficient (Wildman–Crippen LogP) is 1.67. The van der Waals surface area contributed by atoms with Crippen LogP contribution in [0.3, 0.4) is 0 Å². The minimum absolute atomic E-state index is 0.737. The molecule has 1 aromatic rings. The molecule has 90 valence electrons. The highest BCUT2D eigenvalue weighted by Gasteiger charge is 2.19. The Morgan fingerprint density at radius 3 is 2.75 bits per heavy atom. The summed E-state index contributed by atoms with van der Waals surface area (Å²) in [5.41, 5.74) is 5.55. The number of aryl methyl sites for hydroxylation is 1. The fourth-order valence-electron chi connectivity index (χ4n) is 2.59. The van der Waals surface area contributed by atoms with Crippen LogP contribution in [0.5, 0.6) is 0 Å². The molecule has 1 aromatic heterocycles. The molecule has 0 aromatic carbocycles. The van der Waals surface area contributed by atoms with Gasteiger partial charge in [0.2, 0.25) is 0 Å². The average Bonchev–Trinajstić information content (AvgIpc) is 2.88. The van der Waals surface area contributed by atoms with Crippen LogP contribution in [0.15, 0.2) is 0 Å². The zero-order valence-electron chi connectivity index (χ0n) is 10.2. The monoisotopic (exact) mass is 222 g/mol. The van der Waals surface area contributed by atoms with Crippen LogP contribution in [0, 0.1) is 12.8 Å². The fraction of sp³-hybridized carbons (Fsp3) is 0.833. The van der Waals surface area contributed by atoms with Gasteiger partial charge in [-0.15, -0.1) is 10.2 Å². The van der Waals surface area contributed by atoms with Gasteiger partial charge >= 0.3 is 0 Å². The summed E-state index contributed by atoms with van der Waals surface area (Å²) in [6.45, 7) is 3.74. The number of nitrogens with zero attached hydrogens (tertiary/aromatic N) is 3. The lowest BCUT2D eigenvalue weighted by Gasteiger charge is -2.11. The van der Waals surface area contributed by atoms with Crippen molar-refractivity contribution in [1.82, 2.24) is 14.8 Å². The van der Waals surface area contributed by atoms with Crippen LogP contribution >= 0.6 is 0 Å². The number of hydrogen-bond acceptors (Lipinski definition) is 3. The molecular formula is C12H22N4. The quantitative estimate of drug-likeness (QED) is 0.824. The lowest BCUT2D eigenvalue weighted by Crippen LogP contribution is -2.12. The summed E-state index contributed by atoms with van der Waals surface area (Å²) in [5, 5.41) is 8.49. The first kappa shape index (κ1) is 11.6. The molecule has 0 unspecified atom stereocenters. The SMILES string of the molecule is Cc1nnc(CC2CCCC2)n1CCCN. The molecule has 4 heteroatoms. The molecule has 0 radical (unpaired) electrons. The van der Waals surface area contributed by atoms with Crippen LogP contribution in [-0.2, 0) is 13.0 Å². The van der Waals surface area contributed by atoms with E-state index in [4.69, 9.17) is 5.73 Å². The highest BCUT2D eigenvalue weighted by molar-refractivity contribution is 4.96. The highest BCUT2D eigenvalue weighted by Crippen LogP contribution is 2.27. The van der Waals surface area contributed by atoms with E-state index in [1.165, 1.54) is 25.7 Å². The van der Waals surface area contributed by atoms with Crippen molar-refractivity contribution in [2.45, 2.75) is 52.0 Å². The first-order valence-electron chi connectivity index (χ1n) is 6.40. The zero-order valence-corrected chi connectivity index (χ0v) is 10.2. The molecule has 0 bridgehead atoms. The summed E-state index contributed by atoms with van der Waals surface area (Å²) in [5.74, 6) is 3.03. The van der Waals surface area contributed by atoms with Crippen LogP contribution in [0.2, 0.25) is 0 Å². The minimum Gasteiger partial charge on any atom is -0.330 e. The Morgan fingerprint density at radius 1 is 1.31 bits per heavy atom. The van der Waals surface area contributed by atoms with E-state index in [-0.39, 0.29) is 0 Å². The number of aromatic nitrogens is 3. The Kier molecular flexibility index (Phi) is 3.93. The smallest absolute Gasteiger partial charge is 0.133 e. The van der Waals surface area contributed by atoms with Gasteiger partial charge in [-0.2, -0.15) is 0 Å². The van der Waals surface area contributed by atoms with Crippen molar-refractivity contribution in [1.29, 1.82) is 0 Å². The molecule has 1 aliphatic rings. The van der Waals surface area contributed by atoms with Crippen LogP contribution < -0.4 is 5.73 Å². The van der Waals surface area contributed by atoms with E-state index in [0.29, 0.717) is 0 Å². The first-order valence-corrected chi connectivity index (χ1v) is 6.40. The van der Waals surface area contributed by atoms with Gasteiger partial charge in [0.05, 0.1) is 0 Å². The topological polar surface area (TPSA) is 56.7 Å². The molecule has 1 aliphatic carbocycles. The van der Waals surface area contributed by atoms with Crippen LogP contribution in [0.1, 0.15) is 43.8 Å². The van der Waals surface area contributed by atoms with Gasteiger partial charge < -0.3 is 10.3 Å². The third-order valence-corrected chi connectivity index (χ3v) is 3.54. The summed E-state index contributed by atoms with van der Waals surface area (Å²) in [6.07, 6.45) is 7.62. The second kappa shape index (κ2) is 5.43. The van der Waals surface area contributed by atoms with E-state index in [1.807, 2.05) is 6.92 Å².